The minimum absolute atomic E-state index is 0.366. The number of anilines is 1. The molecule has 5 heteroatoms. The van der Waals surface area contributed by atoms with E-state index in [2.05, 4.69) is 12.2 Å². The summed E-state index contributed by atoms with van der Waals surface area (Å²) >= 11 is 0. The second kappa shape index (κ2) is 11.1. The van der Waals surface area contributed by atoms with Crippen molar-refractivity contribution in [2.24, 2.45) is 0 Å². The molecule has 0 radical (unpaired) electrons. The summed E-state index contributed by atoms with van der Waals surface area (Å²) in [5.41, 5.74) is 2.03. The number of para-hydroxylation sites is 1. The molecular weight excluding hydrogens is 354 g/mol. The van der Waals surface area contributed by atoms with Crippen LogP contribution in [0.5, 0.6) is 5.75 Å². The second-order valence-electron chi connectivity index (χ2n) is 6.79. The third-order valence-electron chi connectivity index (χ3n) is 4.41. The average Bonchev–Trinajstić information content (AvgIpc) is 2.70. The number of hydrogen-bond donors (Lipinski definition) is 1. The van der Waals surface area contributed by atoms with Crippen LogP contribution in [0.4, 0.5) is 5.69 Å². The molecule has 0 bridgehead atoms. The van der Waals surface area contributed by atoms with Gasteiger partial charge in [-0.3, -0.25) is 4.79 Å². The molecule has 1 amide bonds. The maximum atomic E-state index is 12.3. The van der Waals surface area contributed by atoms with Crippen LogP contribution < -0.4 is 10.1 Å². The molecule has 0 fully saturated rings. The van der Waals surface area contributed by atoms with E-state index >= 15 is 0 Å². The largest absolute Gasteiger partial charge is 0.494 e. The first-order valence-electron chi connectivity index (χ1n) is 9.81. The number of hydrogen-bond acceptors (Lipinski definition) is 4. The molecule has 0 unspecified atom stereocenters. The third-order valence-corrected chi connectivity index (χ3v) is 4.41. The van der Waals surface area contributed by atoms with Crippen LogP contribution in [0.2, 0.25) is 0 Å². The molecule has 0 saturated heterocycles. The smallest absolute Gasteiger partial charge is 0.338 e. The van der Waals surface area contributed by atoms with Crippen molar-refractivity contribution >= 4 is 17.6 Å². The topological polar surface area (TPSA) is 64.6 Å². The summed E-state index contributed by atoms with van der Waals surface area (Å²) in [5.74, 6) is -0.185. The average molecular weight is 383 g/mol. The number of rotatable bonds is 10. The number of esters is 1. The van der Waals surface area contributed by atoms with Crippen molar-refractivity contribution in [3.05, 3.63) is 59.7 Å². The minimum Gasteiger partial charge on any atom is -0.494 e. The number of nitrogens with one attached hydrogen (secondary N) is 1. The first kappa shape index (κ1) is 21.5. The van der Waals surface area contributed by atoms with Crippen LogP contribution in [0.15, 0.2) is 48.5 Å². The number of benzene rings is 2. The van der Waals surface area contributed by atoms with Crippen LogP contribution in [-0.4, -0.2) is 24.6 Å². The van der Waals surface area contributed by atoms with Gasteiger partial charge in [-0.05, 0) is 56.2 Å². The molecule has 0 spiro atoms. The van der Waals surface area contributed by atoms with Crippen LogP contribution in [0, 0.1) is 6.92 Å². The first-order chi connectivity index (χ1) is 13.5. The summed E-state index contributed by atoms with van der Waals surface area (Å²) in [6.07, 6.45) is 3.68. The van der Waals surface area contributed by atoms with Gasteiger partial charge in [0.1, 0.15) is 5.75 Å². The molecule has 0 aliphatic heterocycles. The highest BCUT2D eigenvalue weighted by atomic mass is 16.5. The standard InChI is InChI=1S/C23H29NO4/c1-4-5-6-9-16-27-20-14-12-19(13-15-20)23(26)28-18(3)22(25)24-21-11-8-7-10-17(21)2/h7-8,10-15,18H,4-6,9,16H2,1-3H3,(H,24,25)/t18-/m1/s1. The van der Waals surface area contributed by atoms with Gasteiger partial charge in [0.25, 0.3) is 5.91 Å². The van der Waals surface area contributed by atoms with Crippen molar-refractivity contribution in [2.75, 3.05) is 11.9 Å². The molecule has 28 heavy (non-hydrogen) atoms. The summed E-state index contributed by atoms with van der Waals surface area (Å²) in [4.78, 5) is 24.5. The van der Waals surface area contributed by atoms with Gasteiger partial charge < -0.3 is 14.8 Å². The van der Waals surface area contributed by atoms with E-state index in [4.69, 9.17) is 9.47 Å². The highest BCUT2D eigenvalue weighted by Crippen LogP contribution is 2.16. The Morgan fingerprint density at radius 2 is 1.71 bits per heavy atom. The highest BCUT2D eigenvalue weighted by molar-refractivity contribution is 5.97. The lowest BCUT2D eigenvalue weighted by Crippen LogP contribution is -2.30. The van der Waals surface area contributed by atoms with E-state index in [9.17, 15) is 9.59 Å². The Balaban J connectivity index is 1.82. The molecule has 0 saturated carbocycles. The Morgan fingerprint density at radius 3 is 2.39 bits per heavy atom. The normalized spacial score (nSPS) is 11.5. The highest BCUT2D eigenvalue weighted by Gasteiger charge is 2.19. The zero-order valence-corrected chi connectivity index (χ0v) is 16.9. The van der Waals surface area contributed by atoms with Gasteiger partial charge in [0.15, 0.2) is 6.10 Å². The molecule has 1 N–H and O–H groups in total. The SMILES string of the molecule is CCCCCCOc1ccc(C(=O)O[C@H](C)C(=O)Nc2ccccc2C)cc1. The number of carbonyl (C=O) groups is 2. The molecule has 0 aromatic heterocycles. The van der Waals surface area contributed by atoms with E-state index in [1.807, 2.05) is 31.2 Å². The predicted molar refractivity (Wildman–Crippen MR) is 111 cm³/mol. The van der Waals surface area contributed by atoms with E-state index < -0.39 is 12.1 Å². The fourth-order valence-corrected chi connectivity index (χ4v) is 2.64. The van der Waals surface area contributed by atoms with Gasteiger partial charge in [-0.1, -0.05) is 44.4 Å². The lowest BCUT2D eigenvalue weighted by atomic mass is 10.2. The summed E-state index contributed by atoms with van der Waals surface area (Å²) < 4.78 is 11.0. The van der Waals surface area contributed by atoms with Crippen molar-refractivity contribution < 1.29 is 19.1 Å². The van der Waals surface area contributed by atoms with Crippen molar-refractivity contribution in [1.29, 1.82) is 0 Å². The van der Waals surface area contributed by atoms with E-state index in [1.165, 1.54) is 12.8 Å². The van der Waals surface area contributed by atoms with Crippen molar-refractivity contribution in [1.82, 2.24) is 0 Å². The van der Waals surface area contributed by atoms with Crippen molar-refractivity contribution in [2.45, 2.75) is 52.6 Å². The Morgan fingerprint density at radius 1 is 1.00 bits per heavy atom. The van der Waals surface area contributed by atoms with Gasteiger partial charge in [-0.2, -0.15) is 0 Å². The number of aryl methyl sites for hydroxylation is 1. The van der Waals surface area contributed by atoms with Crippen LogP contribution in [-0.2, 0) is 9.53 Å². The third kappa shape index (κ3) is 6.72. The maximum Gasteiger partial charge on any atom is 0.338 e. The van der Waals surface area contributed by atoms with E-state index in [-0.39, 0.29) is 5.91 Å². The summed E-state index contributed by atoms with van der Waals surface area (Å²) in [5, 5.41) is 2.78. The Bertz CT molecular complexity index is 770. The molecule has 0 aliphatic rings. The number of carbonyl (C=O) groups excluding carboxylic acids is 2. The van der Waals surface area contributed by atoms with E-state index in [1.54, 1.807) is 31.2 Å². The van der Waals surface area contributed by atoms with Gasteiger partial charge in [0.2, 0.25) is 0 Å². The lowest BCUT2D eigenvalue weighted by Gasteiger charge is -2.15. The second-order valence-corrected chi connectivity index (χ2v) is 6.79. The summed E-state index contributed by atoms with van der Waals surface area (Å²) in [6.45, 7) is 6.30. The van der Waals surface area contributed by atoms with Gasteiger partial charge in [-0.15, -0.1) is 0 Å². The molecule has 1 atom stereocenters. The Kier molecular flexibility index (Phi) is 8.53. The molecule has 2 rings (SSSR count). The van der Waals surface area contributed by atoms with E-state index in [0.29, 0.717) is 17.9 Å². The van der Waals surface area contributed by atoms with Crippen LogP contribution in [0.3, 0.4) is 0 Å². The molecule has 0 aliphatic carbocycles. The maximum absolute atomic E-state index is 12.3. The predicted octanol–water partition coefficient (Wildman–Crippen LogP) is 5.14. The number of unbranched alkanes of at least 4 members (excludes halogenated alkanes) is 3. The van der Waals surface area contributed by atoms with Gasteiger partial charge in [-0.25, -0.2) is 4.79 Å². The minimum atomic E-state index is -0.901. The zero-order valence-electron chi connectivity index (χ0n) is 16.9. The first-order valence-corrected chi connectivity index (χ1v) is 9.81. The zero-order chi connectivity index (χ0) is 20.4. The Labute approximate surface area is 167 Å². The molecule has 5 nitrogen and oxygen atoms in total. The molecule has 0 heterocycles. The molecule has 2 aromatic rings. The monoisotopic (exact) mass is 383 g/mol. The van der Waals surface area contributed by atoms with Crippen molar-refractivity contribution in [3.8, 4) is 5.75 Å². The fourth-order valence-electron chi connectivity index (χ4n) is 2.64. The quantitative estimate of drug-likeness (QED) is 0.456. The molecule has 150 valence electrons. The van der Waals surface area contributed by atoms with Gasteiger partial charge >= 0.3 is 5.97 Å². The van der Waals surface area contributed by atoms with E-state index in [0.717, 1.165) is 24.2 Å². The molecule has 2 aromatic carbocycles. The van der Waals surface area contributed by atoms with Crippen molar-refractivity contribution in [3.63, 3.8) is 0 Å². The lowest BCUT2D eigenvalue weighted by molar-refractivity contribution is -0.123. The Hall–Kier alpha value is -2.82. The van der Waals surface area contributed by atoms with Crippen LogP contribution >= 0.6 is 0 Å². The van der Waals surface area contributed by atoms with Gasteiger partial charge in [0.05, 0.1) is 12.2 Å². The fraction of sp³-hybridized carbons (Fsp3) is 0.391. The number of ether oxygens (including phenoxy) is 2. The van der Waals surface area contributed by atoms with Gasteiger partial charge in [0, 0.05) is 5.69 Å². The summed E-state index contributed by atoms with van der Waals surface area (Å²) in [6, 6.07) is 14.2. The van der Waals surface area contributed by atoms with Crippen LogP contribution in [0.25, 0.3) is 0 Å². The summed E-state index contributed by atoms with van der Waals surface area (Å²) in [7, 11) is 0. The molecular formula is C23H29NO4. The van der Waals surface area contributed by atoms with Crippen LogP contribution in [0.1, 0.15) is 55.5 Å². The number of amides is 1.